The zero-order valence-electron chi connectivity index (χ0n) is 12.9. The van der Waals surface area contributed by atoms with Crippen molar-refractivity contribution in [3.8, 4) is 5.75 Å². The van der Waals surface area contributed by atoms with Crippen molar-refractivity contribution < 1.29 is 9.84 Å². The summed E-state index contributed by atoms with van der Waals surface area (Å²) in [6, 6.07) is 17.6. The number of nitrogens with one attached hydrogen (secondary N) is 1. The summed E-state index contributed by atoms with van der Waals surface area (Å²) in [6.07, 6.45) is 1.21. The van der Waals surface area contributed by atoms with Crippen LogP contribution >= 0.6 is 0 Å². The van der Waals surface area contributed by atoms with Gasteiger partial charge in [-0.1, -0.05) is 55.1 Å². The number of rotatable bonds is 8. The molecule has 116 valence electrons. The van der Waals surface area contributed by atoms with Crippen LogP contribution in [0.3, 0.4) is 0 Å². The summed E-state index contributed by atoms with van der Waals surface area (Å²) in [5.74, 6) is 0.834. The molecule has 0 radical (unpaired) electrons. The van der Waals surface area contributed by atoms with Crippen molar-refractivity contribution in [3.05, 3.63) is 78.4 Å². The number of hydrogen-bond donors (Lipinski definition) is 2. The summed E-state index contributed by atoms with van der Waals surface area (Å²) in [7, 11) is 0. The van der Waals surface area contributed by atoms with E-state index in [0.717, 1.165) is 16.9 Å². The van der Waals surface area contributed by atoms with Gasteiger partial charge in [0, 0.05) is 12.6 Å². The topological polar surface area (TPSA) is 41.5 Å². The van der Waals surface area contributed by atoms with Crippen molar-refractivity contribution in [2.75, 3.05) is 6.61 Å². The molecule has 2 aromatic carbocycles. The first-order valence-electron chi connectivity index (χ1n) is 7.49. The SMILES string of the molecule is C=CCOc1ccc(CN[C@@H](C)[C@@H](O)c2ccccc2)cc1. The minimum Gasteiger partial charge on any atom is -0.490 e. The highest BCUT2D eigenvalue weighted by Gasteiger charge is 2.15. The van der Waals surface area contributed by atoms with Gasteiger partial charge in [0.2, 0.25) is 0 Å². The van der Waals surface area contributed by atoms with E-state index in [1.807, 2.05) is 61.5 Å². The van der Waals surface area contributed by atoms with Gasteiger partial charge in [-0.25, -0.2) is 0 Å². The van der Waals surface area contributed by atoms with Gasteiger partial charge in [-0.2, -0.15) is 0 Å². The van der Waals surface area contributed by atoms with Crippen molar-refractivity contribution in [1.82, 2.24) is 5.32 Å². The first kappa shape index (κ1) is 16.3. The minimum absolute atomic E-state index is 0.0286. The molecule has 2 N–H and O–H groups in total. The Morgan fingerprint density at radius 2 is 1.82 bits per heavy atom. The average molecular weight is 297 g/mol. The van der Waals surface area contributed by atoms with Crippen LogP contribution in [0.4, 0.5) is 0 Å². The molecule has 0 amide bonds. The number of aliphatic hydroxyl groups excluding tert-OH is 1. The third kappa shape index (κ3) is 4.72. The second-order valence-corrected chi connectivity index (χ2v) is 5.27. The second-order valence-electron chi connectivity index (χ2n) is 5.27. The van der Waals surface area contributed by atoms with Gasteiger partial charge in [-0.15, -0.1) is 0 Å². The molecule has 0 aliphatic rings. The molecular weight excluding hydrogens is 274 g/mol. The van der Waals surface area contributed by atoms with Gasteiger partial charge < -0.3 is 15.2 Å². The minimum atomic E-state index is -0.517. The van der Waals surface area contributed by atoms with Crippen LogP contribution in [-0.4, -0.2) is 17.8 Å². The van der Waals surface area contributed by atoms with Gasteiger partial charge in [0.15, 0.2) is 0 Å². The molecule has 2 rings (SSSR count). The molecule has 2 aromatic rings. The fourth-order valence-corrected chi connectivity index (χ4v) is 2.19. The maximum Gasteiger partial charge on any atom is 0.119 e. The van der Waals surface area contributed by atoms with Crippen molar-refractivity contribution >= 4 is 0 Å². The monoisotopic (exact) mass is 297 g/mol. The van der Waals surface area contributed by atoms with Crippen LogP contribution in [0, 0.1) is 0 Å². The fraction of sp³-hybridized carbons (Fsp3) is 0.263. The van der Waals surface area contributed by atoms with Gasteiger partial charge in [-0.3, -0.25) is 0 Å². The Labute approximate surface area is 132 Å². The second kappa shape index (κ2) is 8.37. The third-order valence-electron chi connectivity index (χ3n) is 3.53. The maximum atomic E-state index is 10.3. The van der Waals surface area contributed by atoms with Gasteiger partial charge in [0.25, 0.3) is 0 Å². The van der Waals surface area contributed by atoms with E-state index in [0.29, 0.717) is 13.2 Å². The number of aliphatic hydroxyl groups is 1. The molecule has 2 atom stereocenters. The molecule has 0 heterocycles. The van der Waals surface area contributed by atoms with E-state index in [9.17, 15) is 5.11 Å². The van der Waals surface area contributed by atoms with Crippen molar-refractivity contribution in [2.24, 2.45) is 0 Å². The van der Waals surface area contributed by atoms with Crippen LogP contribution in [0.15, 0.2) is 67.3 Å². The zero-order valence-corrected chi connectivity index (χ0v) is 12.9. The quantitative estimate of drug-likeness (QED) is 0.733. The largest absolute Gasteiger partial charge is 0.490 e. The molecule has 0 aromatic heterocycles. The molecule has 0 fully saturated rings. The predicted octanol–water partition coefficient (Wildman–Crippen LogP) is 3.46. The molecular formula is C19H23NO2. The van der Waals surface area contributed by atoms with E-state index in [4.69, 9.17) is 4.74 Å². The molecule has 0 saturated carbocycles. The highest BCUT2D eigenvalue weighted by Crippen LogP contribution is 2.17. The lowest BCUT2D eigenvalue weighted by Gasteiger charge is -2.20. The Balaban J connectivity index is 1.85. The van der Waals surface area contributed by atoms with Gasteiger partial charge in [-0.05, 0) is 30.2 Å². The molecule has 0 spiro atoms. The summed E-state index contributed by atoms with van der Waals surface area (Å²) in [5.41, 5.74) is 2.08. The number of hydrogen-bond acceptors (Lipinski definition) is 3. The Morgan fingerprint density at radius 3 is 2.45 bits per heavy atom. The highest BCUT2D eigenvalue weighted by atomic mass is 16.5. The average Bonchev–Trinajstić information content (AvgIpc) is 2.58. The first-order valence-corrected chi connectivity index (χ1v) is 7.49. The van der Waals surface area contributed by atoms with E-state index < -0.39 is 6.10 Å². The molecule has 0 aliphatic heterocycles. The van der Waals surface area contributed by atoms with Gasteiger partial charge in [0.05, 0.1) is 6.10 Å². The molecule has 22 heavy (non-hydrogen) atoms. The summed E-state index contributed by atoms with van der Waals surface area (Å²) in [5, 5.41) is 13.7. The zero-order chi connectivity index (χ0) is 15.8. The van der Waals surface area contributed by atoms with Crippen LogP contribution in [0.1, 0.15) is 24.2 Å². The highest BCUT2D eigenvalue weighted by molar-refractivity contribution is 5.27. The van der Waals surface area contributed by atoms with Crippen molar-refractivity contribution in [1.29, 1.82) is 0 Å². The van der Waals surface area contributed by atoms with Crippen LogP contribution < -0.4 is 10.1 Å². The standard InChI is InChI=1S/C19H23NO2/c1-3-13-22-18-11-9-16(10-12-18)14-20-15(2)19(21)17-7-5-4-6-8-17/h3-12,15,19-21H,1,13-14H2,2H3/t15-,19+/m0/s1. The molecule has 3 heteroatoms. The maximum absolute atomic E-state index is 10.3. The Morgan fingerprint density at radius 1 is 1.14 bits per heavy atom. The third-order valence-corrected chi connectivity index (χ3v) is 3.53. The number of ether oxygens (including phenoxy) is 1. The molecule has 0 aliphatic carbocycles. The predicted molar refractivity (Wildman–Crippen MR) is 89.8 cm³/mol. The summed E-state index contributed by atoms with van der Waals surface area (Å²) >= 11 is 0. The Hall–Kier alpha value is -2.10. The van der Waals surface area contributed by atoms with Crippen LogP contribution in [0.2, 0.25) is 0 Å². The van der Waals surface area contributed by atoms with E-state index in [-0.39, 0.29) is 6.04 Å². The van der Waals surface area contributed by atoms with Crippen molar-refractivity contribution in [2.45, 2.75) is 25.6 Å². The summed E-state index contributed by atoms with van der Waals surface area (Å²) in [4.78, 5) is 0. The van der Waals surface area contributed by atoms with E-state index in [1.54, 1.807) is 6.08 Å². The number of benzene rings is 2. The first-order chi connectivity index (χ1) is 10.7. The van der Waals surface area contributed by atoms with Gasteiger partial charge in [0.1, 0.15) is 12.4 Å². The molecule has 0 saturated heterocycles. The van der Waals surface area contributed by atoms with Gasteiger partial charge >= 0.3 is 0 Å². The van der Waals surface area contributed by atoms with Crippen LogP contribution in [-0.2, 0) is 6.54 Å². The van der Waals surface area contributed by atoms with E-state index in [2.05, 4.69) is 11.9 Å². The Bertz CT molecular complexity index is 566. The lowest BCUT2D eigenvalue weighted by molar-refractivity contribution is 0.135. The molecule has 0 bridgehead atoms. The normalized spacial score (nSPS) is 13.4. The van der Waals surface area contributed by atoms with Crippen LogP contribution in [0.25, 0.3) is 0 Å². The summed E-state index contributed by atoms with van der Waals surface area (Å²) < 4.78 is 5.45. The van der Waals surface area contributed by atoms with Crippen LogP contribution in [0.5, 0.6) is 5.75 Å². The lowest BCUT2D eigenvalue weighted by atomic mass is 10.0. The lowest BCUT2D eigenvalue weighted by Crippen LogP contribution is -2.31. The van der Waals surface area contributed by atoms with E-state index >= 15 is 0 Å². The molecule has 3 nitrogen and oxygen atoms in total. The van der Waals surface area contributed by atoms with E-state index in [1.165, 1.54) is 0 Å². The Kier molecular flexibility index (Phi) is 6.19. The van der Waals surface area contributed by atoms with Crippen molar-refractivity contribution in [3.63, 3.8) is 0 Å². The molecule has 0 unspecified atom stereocenters. The fourth-order valence-electron chi connectivity index (χ4n) is 2.19. The summed E-state index contributed by atoms with van der Waals surface area (Å²) in [6.45, 7) is 6.82. The smallest absolute Gasteiger partial charge is 0.119 e.